The van der Waals surface area contributed by atoms with E-state index in [2.05, 4.69) is 0 Å². The number of hydrogen-bond acceptors (Lipinski definition) is 2. The van der Waals surface area contributed by atoms with Gasteiger partial charge in [0.25, 0.3) is 0 Å². The second-order valence-corrected chi connectivity index (χ2v) is 3.33. The SMILES string of the molecule is COc1c(F)cc(C)cc1CCCN. The second kappa shape index (κ2) is 4.96. The monoisotopic (exact) mass is 197 g/mol. The molecule has 3 heteroatoms. The molecule has 0 unspecified atom stereocenters. The van der Waals surface area contributed by atoms with Gasteiger partial charge in [0.15, 0.2) is 11.6 Å². The Balaban J connectivity index is 2.99. The third kappa shape index (κ3) is 2.45. The van der Waals surface area contributed by atoms with Gasteiger partial charge in [-0.1, -0.05) is 6.07 Å². The first-order chi connectivity index (χ1) is 6.69. The summed E-state index contributed by atoms with van der Waals surface area (Å²) in [4.78, 5) is 0. The van der Waals surface area contributed by atoms with Crippen LogP contribution in [0.1, 0.15) is 17.5 Å². The van der Waals surface area contributed by atoms with Gasteiger partial charge in [-0.15, -0.1) is 0 Å². The van der Waals surface area contributed by atoms with Gasteiger partial charge < -0.3 is 10.5 Å². The van der Waals surface area contributed by atoms with Gasteiger partial charge in [-0.25, -0.2) is 4.39 Å². The zero-order chi connectivity index (χ0) is 10.6. The first kappa shape index (κ1) is 11.0. The van der Waals surface area contributed by atoms with Crippen LogP contribution in [0.15, 0.2) is 12.1 Å². The molecule has 1 aromatic rings. The van der Waals surface area contributed by atoms with Crippen molar-refractivity contribution in [2.45, 2.75) is 19.8 Å². The molecule has 14 heavy (non-hydrogen) atoms. The molecule has 0 heterocycles. The van der Waals surface area contributed by atoms with Gasteiger partial charge >= 0.3 is 0 Å². The van der Waals surface area contributed by atoms with E-state index in [0.717, 1.165) is 24.0 Å². The highest BCUT2D eigenvalue weighted by atomic mass is 19.1. The van der Waals surface area contributed by atoms with Crippen LogP contribution >= 0.6 is 0 Å². The molecule has 0 aromatic heterocycles. The average Bonchev–Trinajstić information content (AvgIpc) is 2.14. The summed E-state index contributed by atoms with van der Waals surface area (Å²) >= 11 is 0. The summed E-state index contributed by atoms with van der Waals surface area (Å²) in [6, 6.07) is 3.42. The topological polar surface area (TPSA) is 35.2 Å². The summed E-state index contributed by atoms with van der Waals surface area (Å²) in [5.74, 6) is 0.0589. The molecule has 0 fully saturated rings. The number of methoxy groups -OCH3 is 1. The highest BCUT2D eigenvalue weighted by Crippen LogP contribution is 2.25. The molecule has 1 rings (SSSR count). The fourth-order valence-corrected chi connectivity index (χ4v) is 1.51. The Morgan fingerprint density at radius 2 is 2.14 bits per heavy atom. The van der Waals surface area contributed by atoms with Crippen molar-refractivity contribution < 1.29 is 9.13 Å². The Hall–Kier alpha value is -1.09. The van der Waals surface area contributed by atoms with Crippen molar-refractivity contribution in [1.82, 2.24) is 0 Å². The molecular weight excluding hydrogens is 181 g/mol. The zero-order valence-corrected chi connectivity index (χ0v) is 8.64. The van der Waals surface area contributed by atoms with Crippen LogP contribution in [-0.2, 0) is 6.42 Å². The zero-order valence-electron chi connectivity index (χ0n) is 8.64. The second-order valence-electron chi connectivity index (χ2n) is 3.33. The number of rotatable bonds is 4. The lowest BCUT2D eigenvalue weighted by Crippen LogP contribution is -2.03. The Bertz CT molecular complexity index is 312. The van der Waals surface area contributed by atoms with E-state index in [-0.39, 0.29) is 5.82 Å². The fourth-order valence-electron chi connectivity index (χ4n) is 1.51. The molecule has 2 nitrogen and oxygen atoms in total. The van der Waals surface area contributed by atoms with Gasteiger partial charge in [0.1, 0.15) is 0 Å². The highest BCUT2D eigenvalue weighted by Gasteiger charge is 2.09. The van der Waals surface area contributed by atoms with Gasteiger partial charge in [0.05, 0.1) is 7.11 Å². The summed E-state index contributed by atoms with van der Waals surface area (Å²) in [6.07, 6.45) is 1.61. The summed E-state index contributed by atoms with van der Waals surface area (Å²) in [5.41, 5.74) is 7.22. The predicted octanol–water partition coefficient (Wildman–Crippen LogP) is 2.03. The molecule has 0 aliphatic rings. The van der Waals surface area contributed by atoms with Crippen molar-refractivity contribution in [2.24, 2.45) is 5.73 Å². The normalized spacial score (nSPS) is 10.3. The lowest BCUT2D eigenvalue weighted by atomic mass is 10.1. The Labute approximate surface area is 83.9 Å². The van der Waals surface area contributed by atoms with Crippen molar-refractivity contribution >= 4 is 0 Å². The number of nitrogens with two attached hydrogens (primary N) is 1. The lowest BCUT2D eigenvalue weighted by molar-refractivity contribution is 0.381. The van der Waals surface area contributed by atoms with Crippen LogP contribution in [-0.4, -0.2) is 13.7 Å². The molecular formula is C11H16FNO. The largest absolute Gasteiger partial charge is 0.493 e. The lowest BCUT2D eigenvalue weighted by Gasteiger charge is -2.10. The Morgan fingerprint density at radius 3 is 2.71 bits per heavy atom. The minimum Gasteiger partial charge on any atom is -0.493 e. The van der Waals surface area contributed by atoms with Crippen molar-refractivity contribution in [3.8, 4) is 5.75 Å². The molecule has 0 atom stereocenters. The highest BCUT2D eigenvalue weighted by molar-refractivity contribution is 5.38. The first-order valence-corrected chi connectivity index (χ1v) is 4.72. The maximum absolute atomic E-state index is 13.4. The molecule has 0 aliphatic heterocycles. The summed E-state index contributed by atoms with van der Waals surface area (Å²) in [7, 11) is 1.49. The molecule has 0 saturated carbocycles. The average molecular weight is 197 g/mol. The maximum Gasteiger partial charge on any atom is 0.165 e. The summed E-state index contributed by atoms with van der Waals surface area (Å²) in [6.45, 7) is 2.48. The summed E-state index contributed by atoms with van der Waals surface area (Å²) < 4.78 is 18.4. The first-order valence-electron chi connectivity index (χ1n) is 4.72. The van der Waals surface area contributed by atoms with E-state index in [4.69, 9.17) is 10.5 Å². The number of ether oxygens (including phenoxy) is 1. The molecule has 0 aliphatic carbocycles. The number of benzene rings is 1. The molecule has 78 valence electrons. The Morgan fingerprint density at radius 1 is 1.43 bits per heavy atom. The predicted molar refractivity (Wildman–Crippen MR) is 55.1 cm³/mol. The van der Waals surface area contributed by atoms with Crippen molar-refractivity contribution in [3.63, 3.8) is 0 Å². The third-order valence-electron chi connectivity index (χ3n) is 2.12. The van der Waals surface area contributed by atoms with E-state index >= 15 is 0 Å². The van der Waals surface area contributed by atoms with Crippen molar-refractivity contribution in [1.29, 1.82) is 0 Å². The fraction of sp³-hybridized carbons (Fsp3) is 0.455. The van der Waals surface area contributed by atoms with Crippen LogP contribution in [0, 0.1) is 12.7 Å². The van der Waals surface area contributed by atoms with Gasteiger partial charge in [0.2, 0.25) is 0 Å². The Kier molecular flexibility index (Phi) is 3.89. The molecule has 0 bridgehead atoms. The third-order valence-corrected chi connectivity index (χ3v) is 2.12. The van der Waals surface area contributed by atoms with E-state index in [9.17, 15) is 4.39 Å². The van der Waals surface area contributed by atoms with E-state index in [1.165, 1.54) is 13.2 Å². The summed E-state index contributed by atoms with van der Waals surface area (Å²) in [5, 5.41) is 0. The van der Waals surface area contributed by atoms with Crippen LogP contribution in [0.5, 0.6) is 5.75 Å². The van der Waals surface area contributed by atoms with Crippen LogP contribution in [0.25, 0.3) is 0 Å². The molecule has 2 N–H and O–H groups in total. The van der Waals surface area contributed by atoms with Crippen molar-refractivity contribution in [3.05, 3.63) is 29.1 Å². The van der Waals surface area contributed by atoms with E-state index in [1.807, 2.05) is 13.0 Å². The number of halogens is 1. The van der Waals surface area contributed by atoms with Crippen LogP contribution in [0.4, 0.5) is 4.39 Å². The van der Waals surface area contributed by atoms with E-state index in [1.54, 1.807) is 0 Å². The number of hydrogen-bond donors (Lipinski definition) is 1. The molecule has 0 radical (unpaired) electrons. The van der Waals surface area contributed by atoms with Gasteiger partial charge in [-0.05, 0) is 43.5 Å². The van der Waals surface area contributed by atoms with Crippen molar-refractivity contribution in [2.75, 3.05) is 13.7 Å². The molecule has 1 aromatic carbocycles. The molecule has 0 spiro atoms. The van der Waals surface area contributed by atoms with Crippen LogP contribution < -0.4 is 10.5 Å². The molecule has 0 saturated heterocycles. The van der Waals surface area contributed by atoms with Gasteiger partial charge in [0, 0.05) is 0 Å². The minimum atomic E-state index is -0.292. The molecule has 0 amide bonds. The standard InChI is InChI=1S/C11H16FNO/c1-8-6-9(4-3-5-13)11(14-2)10(12)7-8/h6-7H,3-5,13H2,1-2H3. The van der Waals surface area contributed by atoms with Gasteiger partial charge in [-0.3, -0.25) is 0 Å². The van der Waals surface area contributed by atoms with E-state index in [0.29, 0.717) is 12.3 Å². The van der Waals surface area contributed by atoms with Gasteiger partial charge in [-0.2, -0.15) is 0 Å². The maximum atomic E-state index is 13.4. The van der Waals surface area contributed by atoms with Crippen LogP contribution in [0.3, 0.4) is 0 Å². The smallest absolute Gasteiger partial charge is 0.165 e. The number of aryl methyl sites for hydroxylation is 2. The van der Waals surface area contributed by atoms with E-state index < -0.39 is 0 Å². The minimum absolute atomic E-state index is 0.292. The quantitative estimate of drug-likeness (QED) is 0.801. The van der Waals surface area contributed by atoms with Crippen LogP contribution in [0.2, 0.25) is 0 Å².